The lowest BCUT2D eigenvalue weighted by atomic mass is 9.81. The van der Waals surface area contributed by atoms with Crippen molar-refractivity contribution < 1.29 is 4.79 Å². The van der Waals surface area contributed by atoms with E-state index in [9.17, 15) is 4.79 Å². The summed E-state index contributed by atoms with van der Waals surface area (Å²) in [4.78, 5) is 13.5. The summed E-state index contributed by atoms with van der Waals surface area (Å²) >= 11 is 5.08. The first-order valence-electron chi connectivity index (χ1n) is 6.17. The second-order valence-electron chi connectivity index (χ2n) is 5.29. The van der Waals surface area contributed by atoms with Gasteiger partial charge in [-0.25, -0.2) is 0 Å². The standard InChI is InChI=1S/C13H16BrNOS/c14-11-4-3-9(17-11)6-10(16)12-7-1-2-8(5-7)13(12)15/h3-4,7-8,12-13H,1-2,5-6,15H2. The fourth-order valence-electron chi connectivity index (χ4n) is 3.55. The van der Waals surface area contributed by atoms with Gasteiger partial charge in [0.15, 0.2) is 0 Å². The molecule has 2 nitrogen and oxygen atoms in total. The Bertz CT molecular complexity index is 442. The van der Waals surface area contributed by atoms with Crippen molar-refractivity contribution in [2.45, 2.75) is 31.7 Å². The van der Waals surface area contributed by atoms with Gasteiger partial charge in [0.1, 0.15) is 5.78 Å². The zero-order valence-corrected chi connectivity index (χ0v) is 12.0. The number of ketones is 1. The van der Waals surface area contributed by atoms with Gasteiger partial charge < -0.3 is 5.73 Å². The molecule has 92 valence electrons. The van der Waals surface area contributed by atoms with Crippen LogP contribution in [0.5, 0.6) is 0 Å². The van der Waals surface area contributed by atoms with Crippen LogP contribution in [0, 0.1) is 17.8 Å². The smallest absolute Gasteiger partial charge is 0.142 e. The van der Waals surface area contributed by atoms with Crippen molar-refractivity contribution in [1.29, 1.82) is 0 Å². The summed E-state index contributed by atoms with van der Waals surface area (Å²) in [7, 11) is 0. The largest absolute Gasteiger partial charge is 0.327 e. The van der Waals surface area contributed by atoms with Crippen molar-refractivity contribution in [3.63, 3.8) is 0 Å². The molecule has 4 heteroatoms. The molecule has 0 aliphatic heterocycles. The molecule has 4 unspecified atom stereocenters. The molecular weight excluding hydrogens is 298 g/mol. The minimum Gasteiger partial charge on any atom is -0.327 e. The van der Waals surface area contributed by atoms with Crippen LogP contribution in [0.2, 0.25) is 0 Å². The first kappa shape index (κ1) is 11.9. The van der Waals surface area contributed by atoms with E-state index in [0.29, 0.717) is 24.0 Å². The van der Waals surface area contributed by atoms with Crippen LogP contribution in [0.1, 0.15) is 24.1 Å². The third-order valence-electron chi connectivity index (χ3n) is 4.33. The molecular formula is C13H16BrNOS. The van der Waals surface area contributed by atoms with Crippen LogP contribution < -0.4 is 5.73 Å². The zero-order valence-electron chi connectivity index (χ0n) is 9.56. The Kier molecular flexibility index (Phi) is 3.13. The molecule has 0 amide bonds. The highest BCUT2D eigenvalue weighted by atomic mass is 79.9. The third-order valence-corrected chi connectivity index (χ3v) is 5.95. The number of rotatable bonds is 3. The first-order chi connectivity index (χ1) is 8.15. The second kappa shape index (κ2) is 4.48. The van der Waals surface area contributed by atoms with Gasteiger partial charge in [-0.15, -0.1) is 11.3 Å². The van der Waals surface area contributed by atoms with Gasteiger partial charge in [-0.2, -0.15) is 0 Å². The van der Waals surface area contributed by atoms with Crippen LogP contribution in [0.15, 0.2) is 15.9 Å². The Morgan fingerprint density at radius 1 is 1.41 bits per heavy atom. The summed E-state index contributed by atoms with van der Waals surface area (Å²) in [5.41, 5.74) is 6.20. The number of hydrogen-bond acceptors (Lipinski definition) is 3. The van der Waals surface area contributed by atoms with Gasteiger partial charge in [-0.1, -0.05) is 0 Å². The van der Waals surface area contributed by atoms with Crippen LogP contribution in [-0.4, -0.2) is 11.8 Å². The van der Waals surface area contributed by atoms with Crippen molar-refractivity contribution in [3.8, 4) is 0 Å². The fraction of sp³-hybridized carbons (Fsp3) is 0.615. The molecule has 0 spiro atoms. The molecule has 2 aliphatic carbocycles. The van der Waals surface area contributed by atoms with E-state index in [4.69, 9.17) is 5.73 Å². The highest BCUT2D eigenvalue weighted by molar-refractivity contribution is 9.11. The number of carbonyl (C=O) groups is 1. The Labute approximate surface area is 114 Å². The minimum absolute atomic E-state index is 0.129. The molecule has 0 saturated heterocycles. The Morgan fingerprint density at radius 3 is 2.76 bits per heavy atom. The van der Waals surface area contributed by atoms with Crippen molar-refractivity contribution in [3.05, 3.63) is 20.8 Å². The molecule has 4 atom stereocenters. The summed E-state index contributed by atoms with van der Waals surface area (Å²) in [6.07, 6.45) is 4.20. The van der Waals surface area contributed by atoms with E-state index >= 15 is 0 Å². The highest BCUT2D eigenvalue weighted by Gasteiger charge is 2.48. The number of hydrogen-bond donors (Lipinski definition) is 1. The van der Waals surface area contributed by atoms with Crippen LogP contribution in [0.3, 0.4) is 0 Å². The van der Waals surface area contributed by atoms with Gasteiger partial charge in [-0.3, -0.25) is 4.79 Å². The van der Waals surface area contributed by atoms with Crippen LogP contribution >= 0.6 is 27.3 Å². The van der Waals surface area contributed by atoms with Crippen molar-refractivity contribution in [2.24, 2.45) is 23.5 Å². The van der Waals surface area contributed by atoms with Crippen molar-refractivity contribution in [1.82, 2.24) is 0 Å². The summed E-state index contributed by atoms with van der Waals surface area (Å²) in [6, 6.07) is 4.17. The van der Waals surface area contributed by atoms with Gasteiger partial charge in [0.05, 0.1) is 3.79 Å². The lowest BCUT2D eigenvalue weighted by Crippen LogP contribution is -2.40. The van der Waals surface area contributed by atoms with Gasteiger partial charge in [0, 0.05) is 23.3 Å². The van der Waals surface area contributed by atoms with E-state index in [-0.39, 0.29) is 12.0 Å². The quantitative estimate of drug-likeness (QED) is 0.932. The SMILES string of the molecule is NC1C2CCC(C2)C1C(=O)Cc1ccc(Br)s1. The fourth-order valence-corrected chi connectivity index (χ4v) is 5.04. The molecule has 2 saturated carbocycles. The maximum atomic E-state index is 12.3. The molecule has 1 aromatic rings. The Morgan fingerprint density at radius 2 is 2.18 bits per heavy atom. The molecule has 2 aliphatic rings. The van der Waals surface area contributed by atoms with Crippen molar-refractivity contribution >= 4 is 33.0 Å². The summed E-state index contributed by atoms with van der Waals surface area (Å²) in [5.74, 6) is 1.68. The van der Waals surface area contributed by atoms with Gasteiger partial charge in [0.2, 0.25) is 0 Å². The molecule has 1 heterocycles. The van der Waals surface area contributed by atoms with E-state index in [1.807, 2.05) is 12.1 Å². The van der Waals surface area contributed by atoms with E-state index in [0.717, 1.165) is 8.66 Å². The van der Waals surface area contributed by atoms with E-state index < -0.39 is 0 Å². The number of thiophene rings is 1. The van der Waals surface area contributed by atoms with E-state index in [2.05, 4.69) is 15.9 Å². The van der Waals surface area contributed by atoms with E-state index in [1.54, 1.807) is 11.3 Å². The Hall–Kier alpha value is -0.190. The predicted octanol–water partition coefficient (Wildman–Crippen LogP) is 3.00. The maximum Gasteiger partial charge on any atom is 0.142 e. The molecule has 17 heavy (non-hydrogen) atoms. The van der Waals surface area contributed by atoms with Gasteiger partial charge in [-0.05, 0) is 59.2 Å². The predicted molar refractivity (Wildman–Crippen MR) is 73.0 cm³/mol. The normalized spacial score (nSPS) is 35.4. The maximum absolute atomic E-state index is 12.3. The molecule has 0 aromatic carbocycles. The molecule has 2 bridgehead atoms. The first-order valence-corrected chi connectivity index (χ1v) is 7.78. The summed E-state index contributed by atoms with van der Waals surface area (Å²) in [6.45, 7) is 0. The van der Waals surface area contributed by atoms with Crippen molar-refractivity contribution in [2.75, 3.05) is 0 Å². The van der Waals surface area contributed by atoms with Crippen LogP contribution in [-0.2, 0) is 11.2 Å². The average Bonchev–Trinajstić information content (AvgIpc) is 2.94. The number of Topliss-reactive ketones (excluding diaryl/α,β-unsaturated/α-hetero) is 1. The number of carbonyl (C=O) groups excluding carboxylic acids is 1. The summed E-state index contributed by atoms with van der Waals surface area (Å²) in [5, 5.41) is 0. The highest BCUT2D eigenvalue weighted by Crippen LogP contribution is 2.48. The number of halogens is 1. The Balaban J connectivity index is 1.70. The van der Waals surface area contributed by atoms with Crippen LogP contribution in [0.25, 0.3) is 0 Å². The molecule has 3 rings (SSSR count). The lowest BCUT2D eigenvalue weighted by molar-refractivity contribution is -0.124. The molecule has 0 radical (unpaired) electrons. The molecule has 1 aromatic heterocycles. The number of fused-ring (bicyclic) bond motifs is 2. The average molecular weight is 314 g/mol. The van der Waals surface area contributed by atoms with Gasteiger partial charge >= 0.3 is 0 Å². The minimum atomic E-state index is 0.129. The van der Waals surface area contributed by atoms with Crippen LogP contribution in [0.4, 0.5) is 0 Å². The van der Waals surface area contributed by atoms with E-state index in [1.165, 1.54) is 19.3 Å². The zero-order chi connectivity index (χ0) is 12.0. The van der Waals surface area contributed by atoms with Gasteiger partial charge in [0.25, 0.3) is 0 Å². The number of nitrogens with two attached hydrogens (primary N) is 1. The topological polar surface area (TPSA) is 43.1 Å². The monoisotopic (exact) mass is 313 g/mol. The lowest BCUT2D eigenvalue weighted by Gasteiger charge is -2.26. The third kappa shape index (κ3) is 2.11. The molecule has 2 N–H and O–H groups in total. The second-order valence-corrected chi connectivity index (χ2v) is 7.83. The summed E-state index contributed by atoms with van der Waals surface area (Å²) < 4.78 is 1.09. The molecule has 2 fully saturated rings.